The molecule has 8 heteroatoms. The van der Waals surface area contributed by atoms with Gasteiger partial charge < -0.3 is 11.1 Å². The van der Waals surface area contributed by atoms with Gasteiger partial charge >= 0.3 is 0 Å². The van der Waals surface area contributed by atoms with E-state index in [1.54, 1.807) is 13.8 Å². The quantitative estimate of drug-likeness (QED) is 0.761. The lowest BCUT2D eigenvalue weighted by molar-refractivity contribution is -0.121. The molecule has 0 aliphatic heterocycles. The molecule has 0 spiro atoms. The molecule has 0 radical (unpaired) electrons. The molecule has 6 nitrogen and oxygen atoms in total. The maximum atomic E-state index is 13.3. The van der Waals surface area contributed by atoms with Gasteiger partial charge in [-0.2, -0.15) is 4.31 Å². The van der Waals surface area contributed by atoms with Crippen molar-refractivity contribution in [2.24, 2.45) is 0 Å². The standard InChI is InChI=1S/C13H20FN3O3S/c1-4-16-13(18)8-17(5-2)21(19,20)12-7-11(15)10(14)6-9(12)3/h6-7H,4-5,8,15H2,1-3H3,(H,16,18). The number of likely N-dealkylation sites (N-methyl/N-ethyl adjacent to an activating group) is 2. The normalized spacial score (nSPS) is 11.7. The molecule has 0 atom stereocenters. The molecule has 0 aromatic heterocycles. The fraction of sp³-hybridized carbons (Fsp3) is 0.462. The third kappa shape index (κ3) is 3.92. The van der Waals surface area contributed by atoms with Crippen LogP contribution >= 0.6 is 0 Å². The van der Waals surface area contributed by atoms with Crippen LogP contribution in [0.4, 0.5) is 10.1 Å². The Bertz CT molecular complexity index is 632. The molecule has 0 aliphatic rings. The molecular formula is C13H20FN3O3S. The molecule has 21 heavy (non-hydrogen) atoms. The molecule has 0 bridgehead atoms. The zero-order chi connectivity index (χ0) is 16.2. The van der Waals surface area contributed by atoms with Gasteiger partial charge in [-0.15, -0.1) is 0 Å². The summed E-state index contributed by atoms with van der Waals surface area (Å²) in [5, 5.41) is 2.54. The summed E-state index contributed by atoms with van der Waals surface area (Å²) in [6.07, 6.45) is 0. The lowest BCUT2D eigenvalue weighted by atomic mass is 10.2. The summed E-state index contributed by atoms with van der Waals surface area (Å²) in [7, 11) is -3.91. The number of rotatable bonds is 6. The van der Waals surface area contributed by atoms with Crippen LogP contribution in [0, 0.1) is 12.7 Å². The number of nitrogens with zero attached hydrogens (tertiary/aromatic N) is 1. The van der Waals surface area contributed by atoms with Gasteiger partial charge in [0.15, 0.2) is 0 Å². The second kappa shape index (κ2) is 6.86. The van der Waals surface area contributed by atoms with E-state index in [9.17, 15) is 17.6 Å². The first kappa shape index (κ1) is 17.4. The zero-order valence-electron chi connectivity index (χ0n) is 12.3. The van der Waals surface area contributed by atoms with Crippen molar-refractivity contribution in [1.29, 1.82) is 0 Å². The van der Waals surface area contributed by atoms with Gasteiger partial charge in [0.05, 0.1) is 17.1 Å². The highest BCUT2D eigenvalue weighted by Crippen LogP contribution is 2.24. The van der Waals surface area contributed by atoms with Crippen LogP contribution in [0.3, 0.4) is 0 Å². The minimum atomic E-state index is -3.91. The van der Waals surface area contributed by atoms with Gasteiger partial charge in [-0.3, -0.25) is 4.79 Å². The van der Waals surface area contributed by atoms with E-state index >= 15 is 0 Å². The van der Waals surface area contributed by atoms with Crippen LogP contribution in [0.25, 0.3) is 0 Å². The number of nitrogens with two attached hydrogens (primary N) is 1. The Labute approximate surface area is 124 Å². The highest BCUT2D eigenvalue weighted by atomic mass is 32.2. The zero-order valence-corrected chi connectivity index (χ0v) is 13.1. The molecule has 0 saturated carbocycles. The van der Waals surface area contributed by atoms with Gasteiger partial charge in [-0.1, -0.05) is 6.92 Å². The fourth-order valence-electron chi connectivity index (χ4n) is 1.87. The van der Waals surface area contributed by atoms with Crippen molar-refractivity contribution >= 4 is 21.6 Å². The Morgan fingerprint density at radius 3 is 2.52 bits per heavy atom. The highest BCUT2D eigenvalue weighted by Gasteiger charge is 2.27. The molecular weight excluding hydrogens is 297 g/mol. The Morgan fingerprint density at radius 1 is 1.38 bits per heavy atom. The van der Waals surface area contributed by atoms with Crippen molar-refractivity contribution in [2.75, 3.05) is 25.4 Å². The Balaban J connectivity index is 3.19. The number of halogens is 1. The number of nitrogen functional groups attached to an aromatic ring is 1. The molecule has 118 valence electrons. The van der Waals surface area contributed by atoms with Gasteiger partial charge in [0.1, 0.15) is 5.82 Å². The SMILES string of the molecule is CCNC(=O)CN(CC)S(=O)(=O)c1cc(N)c(F)cc1C. The van der Waals surface area contributed by atoms with Crippen LogP contribution < -0.4 is 11.1 Å². The molecule has 0 saturated heterocycles. The van der Waals surface area contributed by atoms with Gasteiger partial charge in [-0.05, 0) is 31.5 Å². The summed E-state index contributed by atoms with van der Waals surface area (Å²) in [6.45, 7) is 5.10. The van der Waals surface area contributed by atoms with Crippen molar-refractivity contribution in [3.63, 3.8) is 0 Å². The van der Waals surface area contributed by atoms with Gasteiger partial charge in [-0.25, -0.2) is 12.8 Å². The van der Waals surface area contributed by atoms with Crippen molar-refractivity contribution in [3.05, 3.63) is 23.5 Å². The number of carbonyl (C=O) groups is 1. The van der Waals surface area contributed by atoms with E-state index in [1.165, 1.54) is 6.92 Å². The first-order chi connectivity index (χ1) is 9.73. The van der Waals surface area contributed by atoms with Crippen molar-refractivity contribution < 1.29 is 17.6 Å². The molecule has 1 aromatic rings. The van der Waals surface area contributed by atoms with E-state index in [1.807, 2.05) is 0 Å². The Kier molecular flexibility index (Phi) is 5.68. The number of hydrogen-bond donors (Lipinski definition) is 2. The van der Waals surface area contributed by atoms with E-state index in [-0.39, 0.29) is 29.2 Å². The first-order valence-electron chi connectivity index (χ1n) is 6.56. The molecule has 1 amide bonds. The number of anilines is 1. The lowest BCUT2D eigenvalue weighted by Crippen LogP contribution is -2.40. The van der Waals surface area contributed by atoms with Gasteiger partial charge in [0.25, 0.3) is 0 Å². The average molecular weight is 317 g/mol. The predicted octanol–water partition coefficient (Wildman–Crippen LogP) is 0.863. The van der Waals surface area contributed by atoms with Gasteiger partial charge in [0.2, 0.25) is 15.9 Å². The topological polar surface area (TPSA) is 92.5 Å². The molecule has 1 rings (SSSR count). The van der Waals surface area contributed by atoms with E-state index in [4.69, 9.17) is 5.73 Å². The Hall–Kier alpha value is -1.67. The minimum absolute atomic E-state index is 0.0902. The van der Waals surface area contributed by atoms with Crippen LogP contribution in [0.15, 0.2) is 17.0 Å². The summed E-state index contributed by atoms with van der Waals surface area (Å²) in [4.78, 5) is 11.5. The molecule has 0 fully saturated rings. The summed E-state index contributed by atoms with van der Waals surface area (Å²) >= 11 is 0. The molecule has 0 heterocycles. The third-order valence-corrected chi connectivity index (χ3v) is 5.02. The molecule has 0 aliphatic carbocycles. The minimum Gasteiger partial charge on any atom is -0.396 e. The summed E-state index contributed by atoms with van der Waals surface area (Å²) < 4.78 is 39.5. The van der Waals surface area contributed by atoms with E-state index in [0.29, 0.717) is 6.54 Å². The van der Waals surface area contributed by atoms with E-state index in [0.717, 1.165) is 16.4 Å². The average Bonchev–Trinajstić information content (AvgIpc) is 2.40. The Morgan fingerprint density at radius 2 is 2.00 bits per heavy atom. The number of carbonyl (C=O) groups excluding carboxylic acids is 1. The largest absolute Gasteiger partial charge is 0.396 e. The molecule has 3 N–H and O–H groups in total. The number of benzene rings is 1. The summed E-state index contributed by atoms with van der Waals surface area (Å²) in [5.74, 6) is -1.06. The van der Waals surface area contributed by atoms with Crippen LogP contribution in [-0.2, 0) is 14.8 Å². The molecule has 1 aromatic carbocycles. The fourth-order valence-corrected chi connectivity index (χ4v) is 3.51. The van der Waals surface area contributed by atoms with Crippen molar-refractivity contribution in [2.45, 2.75) is 25.7 Å². The third-order valence-electron chi connectivity index (χ3n) is 2.96. The smallest absolute Gasteiger partial charge is 0.243 e. The van der Waals surface area contributed by atoms with Gasteiger partial charge in [0, 0.05) is 13.1 Å². The second-order valence-corrected chi connectivity index (χ2v) is 6.43. The van der Waals surface area contributed by atoms with Crippen LogP contribution in [0.1, 0.15) is 19.4 Å². The maximum Gasteiger partial charge on any atom is 0.243 e. The maximum absolute atomic E-state index is 13.3. The summed E-state index contributed by atoms with van der Waals surface area (Å²) in [5.41, 5.74) is 5.44. The summed E-state index contributed by atoms with van der Waals surface area (Å²) in [6, 6.07) is 2.16. The highest BCUT2D eigenvalue weighted by molar-refractivity contribution is 7.89. The molecule has 0 unspecified atom stereocenters. The second-order valence-electron chi connectivity index (χ2n) is 4.52. The number of sulfonamides is 1. The van der Waals surface area contributed by atoms with Crippen LogP contribution in [0.5, 0.6) is 0 Å². The number of aryl methyl sites for hydroxylation is 1. The van der Waals surface area contributed by atoms with E-state index < -0.39 is 21.7 Å². The predicted molar refractivity (Wildman–Crippen MR) is 78.7 cm³/mol. The number of nitrogens with one attached hydrogen (secondary N) is 1. The van der Waals surface area contributed by atoms with E-state index in [2.05, 4.69) is 5.32 Å². The lowest BCUT2D eigenvalue weighted by Gasteiger charge is -2.21. The van der Waals surface area contributed by atoms with Crippen LogP contribution in [-0.4, -0.2) is 38.3 Å². The number of hydrogen-bond acceptors (Lipinski definition) is 4. The first-order valence-corrected chi connectivity index (χ1v) is 8.00. The number of amides is 1. The van der Waals surface area contributed by atoms with Crippen molar-refractivity contribution in [1.82, 2.24) is 9.62 Å². The van der Waals surface area contributed by atoms with Crippen LogP contribution in [0.2, 0.25) is 0 Å². The monoisotopic (exact) mass is 317 g/mol. The van der Waals surface area contributed by atoms with Crippen molar-refractivity contribution in [3.8, 4) is 0 Å².